The average molecular weight is 376 g/mol. The molecule has 0 radical (unpaired) electrons. The summed E-state index contributed by atoms with van der Waals surface area (Å²) < 4.78 is 17.3. The maximum absolute atomic E-state index is 12.9. The van der Waals surface area contributed by atoms with Gasteiger partial charge in [-0.1, -0.05) is 20.3 Å². The first-order valence-corrected chi connectivity index (χ1v) is 10.3. The van der Waals surface area contributed by atoms with Crippen LogP contribution < -0.4 is 5.63 Å². The average Bonchev–Trinajstić information content (AvgIpc) is 3.01. The quantitative estimate of drug-likeness (QED) is 0.727. The summed E-state index contributed by atoms with van der Waals surface area (Å²) in [5, 5.41) is 10.8. The van der Waals surface area contributed by atoms with E-state index in [4.69, 9.17) is 13.9 Å². The van der Waals surface area contributed by atoms with Crippen LogP contribution in [0.2, 0.25) is 0 Å². The minimum atomic E-state index is -0.805. The molecule has 0 amide bonds. The van der Waals surface area contributed by atoms with Crippen LogP contribution in [0.3, 0.4) is 0 Å². The molecule has 0 bridgehead atoms. The summed E-state index contributed by atoms with van der Waals surface area (Å²) in [6, 6.07) is 1.64. The van der Waals surface area contributed by atoms with Crippen molar-refractivity contribution in [3.8, 4) is 5.75 Å². The minimum Gasteiger partial charge on any atom is -0.507 e. The predicted octanol–water partition coefficient (Wildman–Crippen LogP) is 4.98. The van der Waals surface area contributed by atoms with E-state index in [1.807, 2.05) is 19.9 Å². The van der Waals surface area contributed by atoms with Gasteiger partial charge in [-0.15, -0.1) is 0 Å². The van der Waals surface area contributed by atoms with E-state index >= 15 is 0 Å². The SMILES string of the molecule is CCCC1(c2c(O)cc(C(CC)CC3CCCOC3)oc2=O)CC=C(C)O1. The van der Waals surface area contributed by atoms with Gasteiger partial charge in [-0.25, -0.2) is 4.79 Å². The molecule has 2 aliphatic rings. The first-order valence-electron chi connectivity index (χ1n) is 10.3. The van der Waals surface area contributed by atoms with Gasteiger partial charge in [0.1, 0.15) is 22.7 Å². The molecule has 3 heterocycles. The van der Waals surface area contributed by atoms with E-state index in [0.29, 0.717) is 24.5 Å². The van der Waals surface area contributed by atoms with E-state index in [0.717, 1.165) is 51.1 Å². The number of hydrogen-bond acceptors (Lipinski definition) is 5. The molecule has 3 atom stereocenters. The maximum atomic E-state index is 12.9. The fourth-order valence-corrected chi connectivity index (χ4v) is 4.53. The van der Waals surface area contributed by atoms with Crippen molar-refractivity contribution in [3.63, 3.8) is 0 Å². The molecular weight excluding hydrogens is 344 g/mol. The van der Waals surface area contributed by atoms with Crippen molar-refractivity contribution in [1.29, 1.82) is 0 Å². The molecule has 0 saturated carbocycles. The minimum absolute atomic E-state index is 0.00357. The second kappa shape index (κ2) is 8.51. The maximum Gasteiger partial charge on any atom is 0.347 e. The lowest BCUT2D eigenvalue weighted by atomic mass is 9.85. The lowest BCUT2D eigenvalue weighted by molar-refractivity contribution is 0.00877. The van der Waals surface area contributed by atoms with Crippen molar-refractivity contribution in [3.05, 3.63) is 39.6 Å². The molecule has 5 heteroatoms. The first-order chi connectivity index (χ1) is 13.0. The monoisotopic (exact) mass is 376 g/mol. The lowest BCUT2D eigenvalue weighted by Crippen LogP contribution is -2.32. The molecule has 1 saturated heterocycles. The molecule has 1 fully saturated rings. The Hall–Kier alpha value is -1.75. The van der Waals surface area contributed by atoms with Crippen LogP contribution >= 0.6 is 0 Å². The van der Waals surface area contributed by atoms with Crippen LogP contribution in [0, 0.1) is 5.92 Å². The standard InChI is InChI=1S/C22H32O5/c1-4-9-22(10-8-15(3)27-22)20-18(23)13-19(26-21(20)24)17(5-2)12-16-7-6-11-25-14-16/h8,13,16-17,23H,4-7,9-12,14H2,1-3H3. The van der Waals surface area contributed by atoms with Crippen LogP contribution in [0.5, 0.6) is 5.75 Å². The summed E-state index contributed by atoms with van der Waals surface area (Å²) >= 11 is 0. The largest absolute Gasteiger partial charge is 0.507 e. The topological polar surface area (TPSA) is 68.9 Å². The van der Waals surface area contributed by atoms with Gasteiger partial charge >= 0.3 is 5.63 Å². The predicted molar refractivity (Wildman–Crippen MR) is 104 cm³/mol. The Balaban J connectivity index is 1.88. The van der Waals surface area contributed by atoms with Crippen molar-refractivity contribution < 1.29 is 19.0 Å². The molecule has 0 aliphatic carbocycles. The number of aromatic hydroxyl groups is 1. The Morgan fingerprint density at radius 2 is 2.19 bits per heavy atom. The Morgan fingerprint density at radius 1 is 1.37 bits per heavy atom. The molecule has 3 unspecified atom stereocenters. The summed E-state index contributed by atoms with van der Waals surface area (Å²) in [5.41, 5.74) is -1.02. The highest BCUT2D eigenvalue weighted by atomic mass is 16.5. The molecule has 150 valence electrons. The van der Waals surface area contributed by atoms with Gasteiger partial charge in [-0.2, -0.15) is 0 Å². The zero-order valence-corrected chi connectivity index (χ0v) is 16.8. The van der Waals surface area contributed by atoms with Gasteiger partial charge in [-0.05, 0) is 51.0 Å². The lowest BCUT2D eigenvalue weighted by Gasteiger charge is -2.30. The normalized spacial score (nSPS) is 26.5. The van der Waals surface area contributed by atoms with Crippen molar-refractivity contribution in [1.82, 2.24) is 0 Å². The van der Waals surface area contributed by atoms with Crippen molar-refractivity contribution in [2.45, 2.75) is 77.2 Å². The molecule has 1 aromatic rings. The summed E-state index contributed by atoms with van der Waals surface area (Å²) in [5.74, 6) is 1.94. The molecule has 1 N–H and O–H groups in total. The summed E-state index contributed by atoms with van der Waals surface area (Å²) in [6.45, 7) is 7.62. The summed E-state index contributed by atoms with van der Waals surface area (Å²) in [7, 11) is 0. The van der Waals surface area contributed by atoms with Gasteiger partial charge in [-0.3, -0.25) is 0 Å². The highest BCUT2D eigenvalue weighted by Crippen LogP contribution is 2.44. The van der Waals surface area contributed by atoms with E-state index in [1.165, 1.54) is 0 Å². The fourth-order valence-electron chi connectivity index (χ4n) is 4.53. The van der Waals surface area contributed by atoms with E-state index in [2.05, 4.69) is 6.92 Å². The molecule has 1 aromatic heterocycles. The van der Waals surface area contributed by atoms with Crippen LogP contribution in [0.15, 0.2) is 27.1 Å². The third kappa shape index (κ3) is 4.23. The summed E-state index contributed by atoms with van der Waals surface area (Å²) in [4.78, 5) is 12.9. The Labute approximate surface area is 161 Å². The van der Waals surface area contributed by atoms with Gasteiger partial charge in [0, 0.05) is 31.6 Å². The molecule has 0 aromatic carbocycles. The van der Waals surface area contributed by atoms with Gasteiger partial charge < -0.3 is 19.0 Å². The molecule has 5 nitrogen and oxygen atoms in total. The molecule has 27 heavy (non-hydrogen) atoms. The molecule has 3 rings (SSSR count). The Kier molecular flexibility index (Phi) is 6.30. The van der Waals surface area contributed by atoms with E-state index in [1.54, 1.807) is 6.07 Å². The van der Waals surface area contributed by atoms with Crippen LogP contribution in [0.4, 0.5) is 0 Å². The number of allylic oxidation sites excluding steroid dienone is 1. The van der Waals surface area contributed by atoms with E-state index in [9.17, 15) is 9.90 Å². The molecular formula is C22H32O5. The van der Waals surface area contributed by atoms with Crippen LogP contribution in [-0.2, 0) is 15.1 Å². The fraction of sp³-hybridized carbons (Fsp3) is 0.682. The zero-order valence-electron chi connectivity index (χ0n) is 16.8. The first kappa shape index (κ1) is 20.0. The third-order valence-corrected chi connectivity index (χ3v) is 5.90. The molecule has 2 aliphatic heterocycles. The second-order valence-electron chi connectivity index (χ2n) is 7.99. The van der Waals surface area contributed by atoms with E-state index < -0.39 is 11.2 Å². The Morgan fingerprint density at radius 3 is 2.74 bits per heavy atom. The highest BCUT2D eigenvalue weighted by molar-refractivity contribution is 5.38. The summed E-state index contributed by atoms with van der Waals surface area (Å²) in [6.07, 6.45) is 8.06. The van der Waals surface area contributed by atoms with E-state index in [-0.39, 0.29) is 17.2 Å². The van der Waals surface area contributed by atoms with Gasteiger partial charge in [0.15, 0.2) is 0 Å². The molecule has 0 spiro atoms. The third-order valence-electron chi connectivity index (χ3n) is 5.90. The Bertz CT molecular complexity index is 729. The number of hydrogen-bond donors (Lipinski definition) is 1. The van der Waals surface area contributed by atoms with Gasteiger partial charge in [0.2, 0.25) is 0 Å². The van der Waals surface area contributed by atoms with Gasteiger partial charge in [0.25, 0.3) is 0 Å². The zero-order chi connectivity index (χ0) is 19.4. The van der Waals surface area contributed by atoms with Gasteiger partial charge in [0.05, 0.1) is 5.76 Å². The highest BCUT2D eigenvalue weighted by Gasteiger charge is 2.42. The second-order valence-corrected chi connectivity index (χ2v) is 7.99. The van der Waals surface area contributed by atoms with Crippen molar-refractivity contribution >= 4 is 0 Å². The van der Waals surface area contributed by atoms with Crippen molar-refractivity contribution in [2.24, 2.45) is 5.92 Å². The van der Waals surface area contributed by atoms with Crippen LogP contribution in [0.1, 0.15) is 83.0 Å². The number of rotatable bonds is 7. The van der Waals surface area contributed by atoms with Crippen LogP contribution in [-0.4, -0.2) is 18.3 Å². The number of ether oxygens (including phenoxy) is 2. The van der Waals surface area contributed by atoms with Crippen LogP contribution in [0.25, 0.3) is 0 Å². The smallest absolute Gasteiger partial charge is 0.347 e. The van der Waals surface area contributed by atoms with Crippen molar-refractivity contribution in [2.75, 3.05) is 13.2 Å².